The Balaban J connectivity index is 1.06. The number of hydrogen-bond acceptors (Lipinski definition) is 2. The fourth-order valence-corrected chi connectivity index (χ4v) is 9.40. The Hall–Kier alpha value is -7.94. The Bertz CT molecular complexity index is 3600. The average molecular weight is 764 g/mol. The van der Waals surface area contributed by atoms with Crippen molar-refractivity contribution in [3.05, 3.63) is 224 Å². The van der Waals surface area contributed by atoms with Gasteiger partial charge in [-0.05, 0) is 120 Å². The monoisotopic (exact) mass is 763 g/mol. The molecule has 0 radical (unpaired) electrons. The van der Waals surface area contributed by atoms with E-state index in [9.17, 15) is 0 Å². The highest BCUT2D eigenvalue weighted by Gasteiger charge is 2.20. The number of hydrogen-bond donors (Lipinski definition) is 0. The number of benzene rings is 11. The first kappa shape index (κ1) is 34.1. The predicted octanol–water partition coefficient (Wildman–Crippen LogP) is 16.7. The highest BCUT2D eigenvalue weighted by molar-refractivity contribution is 6.22. The Kier molecular flexibility index (Phi) is 7.89. The lowest BCUT2D eigenvalue weighted by molar-refractivity contribution is 0.672. The molecule has 2 nitrogen and oxygen atoms in total. The SMILES string of the molecule is c1ccc(-c2c(-c3ccccc3)c3cc(-c4cccc(N(c5ccc6ccccc6c5)c5ccc6c(c5)oc5c7ccccc7ccc65)c4)ccc3c3ccccc23)cc1. The van der Waals surface area contributed by atoms with Gasteiger partial charge in [0.15, 0.2) is 0 Å². The highest BCUT2D eigenvalue weighted by atomic mass is 16.3. The van der Waals surface area contributed by atoms with E-state index in [1.54, 1.807) is 0 Å². The molecular weight excluding hydrogens is 727 g/mol. The summed E-state index contributed by atoms with van der Waals surface area (Å²) < 4.78 is 6.73. The van der Waals surface area contributed by atoms with Crippen LogP contribution in [0.25, 0.3) is 98.4 Å². The molecule has 0 amide bonds. The quantitative estimate of drug-likeness (QED) is 0.157. The van der Waals surface area contributed by atoms with Crippen LogP contribution in [-0.2, 0) is 0 Å². The maximum atomic E-state index is 6.73. The highest BCUT2D eigenvalue weighted by Crippen LogP contribution is 2.46. The van der Waals surface area contributed by atoms with E-state index >= 15 is 0 Å². The molecule has 1 heterocycles. The van der Waals surface area contributed by atoms with Gasteiger partial charge in [-0.25, -0.2) is 0 Å². The van der Waals surface area contributed by atoms with E-state index in [1.165, 1.54) is 60.0 Å². The van der Waals surface area contributed by atoms with E-state index in [0.29, 0.717) is 0 Å². The molecule has 0 aliphatic carbocycles. The molecule has 0 fully saturated rings. The molecule has 12 aromatic rings. The van der Waals surface area contributed by atoms with Crippen LogP contribution >= 0.6 is 0 Å². The van der Waals surface area contributed by atoms with E-state index in [-0.39, 0.29) is 0 Å². The van der Waals surface area contributed by atoms with Crippen LogP contribution in [-0.4, -0.2) is 0 Å². The summed E-state index contributed by atoms with van der Waals surface area (Å²) in [6.45, 7) is 0. The van der Waals surface area contributed by atoms with Crippen molar-refractivity contribution in [3.8, 4) is 33.4 Å². The Morgan fingerprint density at radius 2 is 0.800 bits per heavy atom. The summed E-state index contributed by atoms with van der Waals surface area (Å²) in [5.41, 5.74) is 12.2. The zero-order valence-corrected chi connectivity index (χ0v) is 32.7. The van der Waals surface area contributed by atoms with Crippen LogP contribution < -0.4 is 4.90 Å². The van der Waals surface area contributed by atoms with E-state index in [4.69, 9.17) is 4.42 Å². The van der Waals surface area contributed by atoms with Gasteiger partial charge in [-0.2, -0.15) is 0 Å². The van der Waals surface area contributed by atoms with Crippen molar-refractivity contribution in [2.75, 3.05) is 4.90 Å². The Morgan fingerprint density at radius 3 is 1.60 bits per heavy atom. The molecule has 280 valence electrons. The van der Waals surface area contributed by atoms with Gasteiger partial charge in [-0.3, -0.25) is 0 Å². The topological polar surface area (TPSA) is 16.4 Å². The summed E-state index contributed by atoms with van der Waals surface area (Å²) >= 11 is 0. The van der Waals surface area contributed by atoms with Gasteiger partial charge in [0.2, 0.25) is 0 Å². The molecule has 0 aliphatic heterocycles. The van der Waals surface area contributed by atoms with Crippen molar-refractivity contribution in [1.29, 1.82) is 0 Å². The second kappa shape index (κ2) is 13.9. The van der Waals surface area contributed by atoms with Crippen molar-refractivity contribution in [3.63, 3.8) is 0 Å². The number of rotatable bonds is 6. The summed E-state index contributed by atoms with van der Waals surface area (Å²) in [5, 5.41) is 11.9. The molecule has 60 heavy (non-hydrogen) atoms. The van der Waals surface area contributed by atoms with Crippen LogP contribution in [0.3, 0.4) is 0 Å². The fraction of sp³-hybridized carbons (Fsp3) is 0. The van der Waals surface area contributed by atoms with Crippen LogP contribution in [0, 0.1) is 0 Å². The first-order valence-corrected chi connectivity index (χ1v) is 20.6. The molecule has 0 spiro atoms. The molecule has 12 rings (SSSR count). The Labute approximate surface area is 347 Å². The van der Waals surface area contributed by atoms with Gasteiger partial charge >= 0.3 is 0 Å². The number of anilines is 3. The lowest BCUT2D eigenvalue weighted by atomic mass is 9.84. The van der Waals surface area contributed by atoms with Crippen LogP contribution in [0.2, 0.25) is 0 Å². The third-order valence-corrected chi connectivity index (χ3v) is 12.2. The zero-order chi connectivity index (χ0) is 39.6. The molecule has 2 heteroatoms. The van der Waals surface area contributed by atoms with Gasteiger partial charge in [0.1, 0.15) is 11.2 Å². The fourth-order valence-electron chi connectivity index (χ4n) is 9.40. The molecule has 0 atom stereocenters. The second-order valence-corrected chi connectivity index (χ2v) is 15.7. The van der Waals surface area contributed by atoms with Crippen LogP contribution in [0.4, 0.5) is 17.1 Å². The zero-order valence-electron chi connectivity index (χ0n) is 32.7. The summed E-state index contributed by atoms with van der Waals surface area (Å²) in [7, 11) is 0. The van der Waals surface area contributed by atoms with Gasteiger partial charge in [0, 0.05) is 39.3 Å². The van der Waals surface area contributed by atoms with E-state index in [1.807, 2.05) is 0 Å². The minimum Gasteiger partial charge on any atom is -0.455 e. The maximum Gasteiger partial charge on any atom is 0.143 e. The van der Waals surface area contributed by atoms with Gasteiger partial charge < -0.3 is 9.32 Å². The maximum absolute atomic E-state index is 6.73. The molecule has 1 aromatic heterocycles. The Morgan fingerprint density at radius 1 is 0.267 bits per heavy atom. The third kappa shape index (κ3) is 5.57. The van der Waals surface area contributed by atoms with Crippen molar-refractivity contribution >= 4 is 82.1 Å². The van der Waals surface area contributed by atoms with Crippen LogP contribution in [0.15, 0.2) is 229 Å². The van der Waals surface area contributed by atoms with E-state index in [0.717, 1.165) is 55.5 Å². The standard InChI is InChI=1S/C58H37NO/c1-3-16-40(17-4-1)56-52-25-12-11-24-49(52)50-31-28-44(36-54(50)57(56)41-18-5-2-6-19-41)43-21-13-22-45(35-43)59(46-29-26-38-14-7-8-20-42(38)34-46)47-30-33-51-53-32-27-39-15-9-10-23-48(39)58(53)60-55(51)37-47/h1-37H. The molecule has 0 saturated carbocycles. The lowest BCUT2D eigenvalue weighted by Gasteiger charge is -2.26. The summed E-state index contributed by atoms with van der Waals surface area (Å²) in [5.74, 6) is 0. The summed E-state index contributed by atoms with van der Waals surface area (Å²) in [4.78, 5) is 2.36. The summed E-state index contributed by atoms with van der Waals surface area (Å²) in [6, 6.07) is 81.3. The molecular formula is C58H37NO. The lowest BCUT2D eigenvalue weighted by Crippen LogP contribution is -2.10. The largest absolute Gasteiger partial charge is 0.455 e. The van der Waals surface area contributed by atoms with Gasteiger partial charge in [-0.15, -0.1) is 0 Å². The minimum absolute atomic E-state index is 0.866. The molecule has 0 saturated heterocycles. The first-order chi connectivity index (χ1) is 29.7. The number of fused-ring (bicyclic) bond motifs is 9. The molecule has 0 N–H and O–H groups in total. The molecule has 0 bridgehead atoms. The van der Waals surface area contributed by atoms with E-state index < -0.39 is 0 Å². The predicted molar refractivity (Wildman–Crippen MR) is 255 cm³/mol. The van der Waals surface area contributed by atoms with Crippen molar-refractivity contribution < 1.29 is 4.42 Å². The van der Waals surface area contributed by atoms with Gasteiger partial charge in [-0.1, -0.05) is 170 Å². The number of furan rings is 1. The normalized spacial score (nSPS) is 11.7. The number of nitrogens with zero attached hydrogens (tertiary/aromatic N) is 1. The second-order valence-electron chi connectivity index (χ2n) is 15.7. The molecule has 0 unspecified atom stereocenters. The van der Waals surface area contributed by atoms with Gasteiger partial charge in [0.25, 0.3) is 0 Å². The van der Waals surface area contributed by atoms with Crippen LogP contribution in [0.1, 0.15) is 0 Å². The van der Waals surface area contributed by atoms with Crippen LogP contribution in [0.5, 0.6) is 0 Å². The summed E-state index contributed by atoms with van der Waals surface area (Å²) in [6.07, 6.45) is 0. The first-order valence-electron chi connectivity index (χ1n) is 20.6. The van der Waals surface area contributed by atoms with Gasteiger partial charge in [0.05, 0.1) is 0 Å². The molecule has 11 aromatic carbocycles. The minimum atomic E-state index is 0.866. The average Bonchev–Trinajstić information content (AvgIpc) is 3.70. The van der Waals surface area contributed by atoms with Crippen molar-refractivity contribution in [2.24, 2.45) is 0 Å². The smallest absolute Gasteiger partial charge is 0.143 e. The van der Waals surface area contributed by atoms with Crippen molar-refractivity contribution in [2.45, 2.75) is 0 Å². The third-order valence-electron chi connectivity index (χ3n) is 12.2. The van der Waals surface area contributed by atoms with Crippen molar-refractivity contribution in [1.82, 2.24) is 0 Å². The molecule has 0 aliphatic rings. The van der Waals surface area contributed by atoms with E-state index in [2.05, 4.69) is 229 Å².